The maximum atomic E-state index is 10.6. The Labute approximate surface area is 55.6 Å². The molecule has 0 aliphatic rings. The topological polar surface area (TPSA) is 38.4 Å². The van der Waals surface area contributed by atoms with Gasteiger partial charge in [0.05, 0.1) is 0 Å². The van der Waals surface area contributed by atoms with E-state index in [0.717, 1.165) is 0 Å². The van der Waals surface area contributed by atoms with Crippen molar-refractivity contribution >= 4 is 0 Å². The van der Waals surface area contributed by atoms with Gasteiger partial charge in [0.1, 0.15) is 0 Å². The Bertz CT molecular complexity index is 57.3. The number of rotatable bonds is 4. The van der Waals surface area contributed by atoms with Gasteiger partial charge in [0.25, 0.3) is 0 Å². The quantitative estimate of drug-likeness (QED) is 0.540. The van der Waals surface area contributed by atoms with E-state index in [1.54, 1.807) is 13.8 Å². The minimum absolute atomic E-state index is 0.382. The molecule has 3 heteroatoms. The lowest BCUT2D eigenvalue weighted by Gasteiger charge is -2.12. The molecule has 0 saturated carbocycles. The van der Waals surface area contributed by atoms with Crippen LogP contribution in [0.5, 0.6) is 0 Å². The van der Waals surface area contributed by atoms with Crippen LogP contribution in [-0.2, 0) is 14.6 Å². The third-order valence-electron chi connectivity index (χ3n) is 1.01. The molecule has 0 N–H and O–H groups in total. The van der Waals surface area contributed by atoms with Crippen LogP contribution >= 0.6 is 0 Å². The Kier molecular flexibility index (Phi) is 4.67. The standard InChI is InChI=1S/C6H13O3/c1-4-6(7)9-5(2)8-3/h5-6H,4H2,1-3H3. The molecule has 0 heterocycles. The number of methoxy groups -OCH3 is 1. The molecule has 0 bridgehead atoms. The van der Waals surface area contributed by atoms with Gasteiger partial charge in [0, 0.05) is 7.11 Å². The minimum atomic E-state index is -0.944. The van der Waals surface area contributed by atoms with E-state index in [4.69, 9.17) is 9.47 Å². The molecule has 1 radical (unpaired) electrons. The van der Waals surface area contributed by atoms with Gasteiger partial charge >= 0.3 is 0 Å². The summed E-state index contributed by atoms with van der Waals surface area (Å²) in [5.74, 6) is 0. The van der Waals surface area contributed by atoms with Crippen molar-refractivity contribution in [3.8, 4) is 0 Å². The smallest absolute Gasteiger partial charge is 0.194 e. The van der Waals surface area contributed by atoms with E-state index >= 15 is 0 Å². The molecule has 0 aromatic heterocycles. The first kappa shape index (κ1) is 8.88. The highest BCUT2D eigenvalue weighted by Gasteiger charge is 2.06. The summed E-state index contributed by atoms with van der Waals surface area (Å²) in [5.41, 5.74) is 0. The normalized spacial score (nSPS) is 17.3. The summed E-state index contributed by atoms with van der Waals surface area (Å²) < 4.78 is 9.47. The highest BCUT2D eigenvalue weighted by atomic mass is 16.7. The zero-order valence-electron chi connectivity index (χ0n) is 6.09. The molecule has 0 rings (SSSR count). The SMILES string of the molecule is CCC([O])OC(C)OC. The van der Waals surface area contributed by atoms with Gasteiger partial charge in [0.15, 0.2) is 12.6 Å². The largest absolute Gasteiger partial charge is 0.356 e. The monoisotopic (exact) mass is 133 g/mol. The highest BCUT2D eigenvalue weighted by Crippen LogP contribution is 1.99. The van der Waals surface area contributed by atoms with E-state index in [1.807, 2.05) is 0 Å². The maximum absolute atomic E-state index is 10.6. The fourth-order valence-electron chi connectivity index (χ4n) is 0.366. The molecule has 0 aromatic rings. The van der Waals surface area contributed by atoms with Gasteiger partial charge in [-0.05, 0) is 13.3 Å². The van der Waals surface area contributed by atoms with Crippen LogP contribution in [0.25, 0.3) is 0 Å². The highest BCUT2D eigenvalue weighted by molar-refractivity contribution is 4.34. The molecular weight excluding hydrogens is 120 g/mol. The summed E-state index contributed by atoms with van der Waals surface area (Å²) in [5, 5.41) is 10.6. The molecule has 2 unspecified atom stereocenters. The van der Waals surface area contributed by atoms with Crippen molar-refractivity contribution in [3.63, 3.8) is 0 Å². The zero-order chi connectivity index (χ0) is 7.28. The van der Waals surface area contributed by atoms with Crippen LogP contribution in [0.4, 0.5) is 0 Å². The van der Waals surface area contributed by atoms with Gasteiger partial charge in [0.2, 0.25) is 0 Å². The van der Waals surface area contributed by atoms with Crippen LogP contribution in [0, 0.1) is 0 Å². The van der Waals surface area contributed by atoms with Gasteiger partial charge in [-0.25, -0.2) is 5.11 Å². The van der Waals surface area contributed by atoms with E-state index in [-0.39, 0.29) is 6.29 Å². The second-order valence-electron chi connectivity index (χ2n) is 1.78. The van der Waals surface area contributed by atoms with Gasteiger partial charge in [-0.1, -0.05) is 6.92 Å². The third-order valence-corrected chi connectivity index (χ3v) is 1.01. The average molecular weight is 133 g/mol. The first-order valence-corrected chi connectivity index (χ1v) is 3.04. The first-order chi connectivity index (χ1) is 4.20. The van der Waals surface area contributed by atoms with Crippen molar-refractivity contribution < 1.29 is 14.6 Å². The molecule has 2 atom stereocenters. The van der Waals surface area contributed by atoms with Gasteiger partial charge in [-0.2, -0.15) is 0 Å². The Morgan fingerprint density at radius 2 is 2.11 bits per heavy atom. The van der Waals surface area contributed by atoms with E-state index < -0.39 is 6.29 Å². The summed E-state index contributed by atoms with van der Waals surface area (Å²) >= 11 is 0. The van der Waals surface area contributed by atoms with Crippen molar-refractivity contribution in [2.24, 2.45) is 0 Å². The molecular formula is C6H13O3. The summed E-state index contributed by atoms with van der Waals surface area (Å²) in [7, 11) is 1.51. The summed E-state index contributed by atoms with van der Waals surface area (Å²) in [4.78, 5) is 0. The molecule has 0 fully saturated rings. The lowest BCUT2D eigenvalue weighted by Crippen LogP contribution is -2.18. The van der Waals surface area contributed by atoms with E-state index in [1.165, 1.54) is 7.11 Å². The van der Waals surface area contributed by atoms with Crippen molar-refractivity contribution in [3.05, 3.63) is 0 Å². The lowest BCUT2D eigenvalue weighted by atomic mass is 10.5. The Morgan fingerprint density at radius 3 is 2.44 bits per heavy atom. The van der Waals surface area contributed by atoms with Crippen LogP contribution in [0.15, 0.2) is 0 Å². The molecule has 55 valence electrons. The predicted molar refractivity (Wildman–Crippen MR) is 32.3 cm³/mol. The van der Waals surface area contributed by atoms with Gasteiger partial charge in [-0.3, -0.25) is 0 Å². The Hall–Kier alpha value is -0.120. The van der Waals surface area contributed by atoms with E-state index in [2.05, 4.69) is 0 Å². The molecule has 0 aromatic carbocycles. The van der Waals surface area contributed by atoms with E-state index in [0.29, 0.717) is 6.42 Å². The summed E-state index contributed by atoms with van der Waals surface area (Å²) in [6.45, 7) is 3.47. The fraction of sp³-hybridized carbons (Fsp3) is 1.00. The minimum Gasteiger partial charge on any atom is -0.356 e. The molecule has 9 heavy (non-hydrogen) atoms. The third kappa shape index (κ3) is 4.39. The summed E-state index contributed by atoms with van der Waals surface area (Å²) in [6.07, 6.45) is -0.847. The number of hydrogen-bond donors (Lipinski definition) is 0. The maximum Gasteiger partial charge on any atom is 0.194 e. The van der Waals surface area contributed by atoms with Crippen LogP contribution < -0.4 is 0 Å². The average Bonchev–Trinajstić information content (AvgIpc) is 1.87. The van der Waals surface area contributed by atoms with Crippen LogP contribution in [0.2, 0.25) is 0 Å². The number of hydrogen-bond acceptors (Lipinski definition) is 2. The molecule has 0 aliphatic carbocycles. The second kappa shape index (κ2) is 4.73. The van der Waals surface area contributed by atoms with Gasteiger partial charge in [-0.15, -0.1) is 0 Å². The Balaban J connectivity index is 3.22. The van der Waals surface area contributed by atoms with Crippen molar-refractivity contribution in [2.45, 2.75) is 32.8 Å². The van der Waals surface area contributed by atoms with Gasteiger partial charge < -0.3 is 9.47 Å². The number of ether oxygens (including phenoxy) is 2. The van der Waals surface area contributed by atoms with Crippen molar-refractivity contribution in [1.82, 2.24) is 0 Å². The fourth-order valence-corrected chi connectivity index (χ4v) is 0.366. The van der Waals surface area contributed by atoms with Crippen molar-refractivity contribution in [2.75, 3.05) is 7.11 Å². The van der Waals surface area contributed by atoms with Crippen LogP contribution in [0.3, 0.4) is 0 Å². The molecule has 0 amide bonds. The van der Waals surface area contributed by atoms with Crippen LogP contribution in [-0.4, -0.2) is 19.7 Å². The Morgan fingerprint density at radius 1 is 1.56 bits per heavy atom. The molecule has 3 nitrogen and oxygen atoms in total. The van der Waals surface area contributed by atoms with E-state index in [9.17, 15) is 5.11 Å². The zero-order valence-corrected chi connectivity index (χ0v) is 6.09. The van der Waals surface area contributed by atoms with Crippen LogP contribution in [0.1, 0.15) is 20.3 Å². The molecule has 0 spiro atoms. The summed E-state index contributed by atoms with van der Waals surface area (Å²) in [6, 6.07) is 0. The lowest BCUT2D eigenvalue weighted by molar-refractivity contribution is -0.232. The predicted octanol–water partition coefficient (Wildman–Crippen LogP) is 1.16. The molecule has 0 saturated heterocycles. The molecule has 0 aliphatic heterocycles. The first-order valence-electron chi connectivity index (χ1n) is 3.04. The second-order valence-corrected chi connectivity index (χ2v) is 1.78. The van der Waals surface area contributed by atoms with Crippen molar-refractivity contribution in [1.29, 1.82) is 0 Å².